The second-order valence-electron chi connectivity index (χ2n) is 7.58. The van der Waals surface area contributed by atoms with Crippen LogP contribution in [0.25, 0.3) is 10.9 Å². The van der Waals surface area contributed by atoms with Gasteiger partial charge in [0.05, 0.1) is 0 Å². The molecular weight excluding hydrogens is 396 g/mol. The first-order valence-electron chi connectivity index (χ1n) is 10.2. The first kappa shape index (κ1) is 20.5. The van der Waals surface area contributed by atoms with Gasteiger partial charge in [-0.25, -0.2) is 9.59 Å². The van der Waals surface area contributed by atoms with Gasteiger partial charge in [-0.15, -0.1) is 0 Å². The van der Waals surface area contributed by atoms with Crippen LogP contribution in [0.2, 0.25) is 0 Å². The maximum atomic E-state index is 12.8. The van der Waals surface area contributed by atoms with E-state index in [-0.39, 0.29) is 12.3 Å². The molecule has 3 aromatic rings. The van der Waals surface area contributed by atoms with E-state index in [0.29, 0.717) is 31.9 Å². The van der Waals surface area contributed by atoms with Crippen molar-refractivity contribution in [3.63, 3.8) is 0 Å². The van der Waals surface area contributed by atoms with Crippen LogP contribution in [0, 0.1) is 0 Å². The molecule has 1 atom stereocenters. The number of aromatic amines is 1. The number of hydrogen-bond donors (Lipinski definition) is 3. The highest BCUT2D eigenvalue weighted by molar-refractivity contribution is 5.98. The number of piperazine rings is 1. The van der Waals surface area contributed by atoms with Gasteiger partial charge < -0.3 is 25.2 Å². The van der Waals surface area contributed by atoms with Crippen LogP contribution in [0.1, 0.15) is 16.1 Å². The Morgan fingerprint density at radius 1 is 0.935 bits per heavy atom. The van der Waals surface area contributed by atoms with Crippen LogP contribution in [0.15, 0.2) is 60.7 Å². The third-order valence-corrected chi connectivity index (χ3v) is 5.49. The van der Waals surface area contributed by atoms with Gasteiger partial charge in [0, 0.05) is 43.5 Å². The number of urea groups is 1. The Morgan fingerprint density at radius 2 is 1.58 bits per heavy atom. The van der Waals surface area contributed by atoms with Gasteiger partial charge in [-0.3, -0.25) is 4.79 Å². The van der Waals surface area contributed by atoms with Crippen LogP contribution in [-0.2, 0) is 11.2 Å². The minimum atomic E-state index is -1.08. The third-order valence-electron chi connectivity index (χ3n) is 5.49. The molecule has 1 aliphatic rings. The molecule has 1 aliphatic heterocycles. The third kappa shape index (κ3) is 4.69. The molecule has 0 radical (unpaired) electrons. The normalized spacial score (nSPS) is 15.0. The maximum absolute atomic E-state index is 12.8. The first-order valence-corrected chi connectivity index (χ1v) is 10.2. The number of fused-ring (bicyclic) bond motifs is 1. The van der Waals surface area contributed by atoms with Crippen molar-refractivity contribution in [2.24, 2.45) is 0 Å². The quantitative estimate of drug-likeness (QED) is 0.589. The number of aliphatic carboxylic acids is 1. The van der Waals surface area contributed by atoms with Gasteiger partial charge in [-0.05, 0) is 17.7 Å². The molecule has 0 saturated carbocycles. The molecule has 1 aromatic heterocycles. The van der Waals surface area contributed by atoms with E-state index < -0.39 is 18.0 Å². The average Bonchev–Trinajstić information content (AvgIpc) is 3.23. The van der Waals surface area contributed by atoms with Crippen molar-refractivity contribution in [1.29, 1.82) is 0 Å². The predicted octanol–water partition coefficient (Wildman–Crippen LogP) is 2.33. The summed E-state index contributed by atoms with van der Waals surface area (Å²) in [6, 6.07) is 17.3. The summed E-state index contributed by atoms with van der Waals surface area (Å²) in [5.74, 6) is -1.19. The molecule has 0 aliphatic carbocycles. The van der Waals surface area contributed by atoms with E-state index in [2.05, 4.69) is 10.3 Å². The van der Waals surface area contributed by atoms with Crippen LogP contribution in [0.5, 0.6) is 0 Å². The number of carbonyl (C=O) groups excluding carboxylic acids is 2. The highest BCUT2D eigenvalue weighted by atomic mass is 16.4. The lowest BCUT2D eigenvalue weighted by Gasteiger charge is -2.35. The van der Waals surface area contributed by atoms with Crippen molar-refractivity contribution in [3.05, 3.63) is 71.9 Å². The smallest absolute Gasteiger partial charge is 0.326 e. The molecule has 2 aromatic carbocycles. The number of benzene rings is 2. The molecule has 160 valence electrons. The molecule has 8 nitrogen and oxygen atoms in total. The van der Waals surface area contributed by atoms with Crippen molar-refractivity contribution < 1.29 is 19.5 Å². The summed E-state index contributed by atoms with van der Waals surface area (Å²) in [7, 11) is 0. The molecule has 1 fully saturated rings. The van der Waals surface area contributed by atoms with Crippen LogP contribution >= 0.6 is 0 Å². The van der Waals surface area contributed by atoms with Crippen LogP contribution < -0.4 is 5.32 Å². The maximum Gasteiger partial charge on any atom is 0.326 e. The van der Waals surface area contributed by atoms with E-state index in [4.69, 9.17) is 0 Å². The molecule has 3 amide bonds. The fraction of sp³-hybridized carbons (Fsp3) is 0.261. The summed E-state index contributed by atoms with van der Waals surface area (Å²) in [5.41, 5.74) is 2.26. The average molecular weight is 420 g/mol. The Morgan fingerprint density at radius 3 is 2.26 bits per heavy atom. The van der Waals surface area contributed by atoms with E-state index in [9.17, 15) is 19.5 Å². The monoisotopic (exact) mass is 420 g/mol. The fourth-order valence-corrected chi connectivity index (χ4v) is 3.76. The van der Waals surface area contributed by atoms with Gasteiger partial charge in [0.15, 0.2) is 0 Å². The molecule has 2 heterocycles. The van der Waals surface area contributed by atoms with Crippen molar-refractivity contribution >= 4 is 28.8 Å². The number of aromatic nitrogens is 1. The number of hydrogen-bond acceptors (Lipinski definition) is 3. The molecule has 1 saturated heterocycles. The molecule has 0 spiro atoms. The van der Waals surface area contributed by atoms with E-state index in [1.165, 1.54) is 0 Å². The van der Waals surface area contributed by atoms with E-state index in [1.54, 1.807) is 9.80 Å². The van der Waals surface area contributed by atoms with Gasteiger partial charge in [0.2, 0.25) is 0 Å². The van der Waals surface area contributed by atoms with Crippen molar-refractivity contribution in [3.8, 4) is 0 Å². The highest BCUT2D eigenvalue weighted by Crippen LogP contribution is 2.17. The number of para-hydroxylation sites is 1. The summed E-state index contributed by atoms with van der Waals surface area (Å²) < 4.78 is 0. The van der Waals surface area contributed by atoms with Gasteiger partial charge in [-0.1, -0.05) is 48.5 Å². The van der Waals surface area contributed by atoms with Crippen molar-refractivity contribution in [1.82, 2.24) is 20.1 Å². The topological polar surface area (TPSA) is 106 Å². The lowest BCUT2D eigenvalue weighted by atomic mass is 10.1. The number of nitrogens with one attached hydrogen (secondary N) is 2. The minimum Gasteiger partial charge on any atom is -0.480 e. The van der Waals surface area contributed by atoms with Gasteiger partial charge in [0.25, 0.3) is 5.91 Å². The largest absolute Gasteiger partial charge is 0.480 e. The Labute approximate surface area is 179 Å². The van der Waals surface area contributed by atoms with Gasteiger partial charge in [-0.2, -0.15) is 0 Å². The summed E-state index contributed by atoms with van der Waals surface area (Å²) in [4.78, 5) is 43.4. The zero-order chi connectivity index (χ0) is 21.8. The number of rotatable bonds is 5. The number of H-pyrrole nitrogens is 1. The Hall–Kier alpha value is -3.81. The van der Waals surface area contributed by atoms with Gasteiger partial charge >= 0.3 is 12.0 Å². The number of amides is 3. The number of carboxylic acid groups (broad SMARTS) is 1. The second kappa shape index (κ2) is 8.91. The molecule has 31 heavy (non-hydrogen) atoms. The van der Waals surface area contributed by atoms with E-state index in [0.717, 1.165) is 16.5 Å². The number of carbonyl (C=O) groups is 3. The molecular formula is C23H24N4O4. The second-order valence-corrected chi connectivity index (χ2v) is 7.58. The summed E-state index contributed by atoms with van der Waals surface area (Å²) in [6.07, 6.45) is 0.209. The molecule has 0 bridgehead atoms. The molecule has 8 heteroatoms. The Kier molecular flexibility index (Phi) is 5.88. The van der Waals surface area contributed by atoms with Crippen molar-refractivity contribution in [2.45, 2.75) is 12.5 Å². The zero-order valence-corrected chi connectivity index (χ0v) is 17.0. The summed E-state index contributed by atoms with van der Waals surface area (Å²) in [6.45, 7) is 1.46. The molecule has 1 unspecified atom stereocenters. The highest BCUT2D eigenvalue weighted by Gasteiger charge is 2.28. The Bertz CT molecular complexity index is 1050. The van der Waals surface area contributed by atoms with Crippen LogP contribution in [-0.4, -0.2) is 70.0 Å². The van der Waals surface area contributed by atoms with Crippen LogP contribution in [0.4, 0.5) is 4.79 Å². The minimum absolute atomic E-state index is 0.108. The van der Waals surface area contributed by atoms with Gasteiger partial charge in [0.1, 0.15) is 11.7 Å². The lowest BCUT2D eigenvalue weighted by molar-refractivity contribution is -0.139. The molecule has 3 N–H and O–H groups in total. The summed E-state index contributed by atoms with van der Waals surface area (Å²) in [5, 5.41) is 13.1. The fourth-order valence-electron chi connectivity index (χ4n) is 3.76. The van der Waals surface area contributed by atoms with E-state index in [1.807, 2.05) is 60.7 Å². The number of carboxylic acids is 1. The first-order chi connectivity index (χ1) is 15.0. The summed E-state index contributed by atoms with van der Waals surface area (Å²) >= 11 is 0. The van der Waals surface area contributed by atoms with Crippen LogP contribution in [0.3, 0.4) is 0 Å². The zero-order valence-electron chi connectivity index (χ0n) is 17.0. The predicted molar refractivity (Wildman–Crippen MR) is 116 cm³/mol. The van der Waals surface area contributed by atoms with Crippen molar-refractivity contribution in [2.75, 3.05) is 26.2 Å². The molecule has 4 rings (SSSR count). The number of nitrogens with zero attached hydrogens (tertiary/aromatic N) is 2. The standard InChI is InChI=1S/C23H24N4O4/c28-21(19-15-17-8-4-5-9-18(17)24-19)26-10-12-27(13-11-26)23(31)25-20(22(29)30)14-16-6-2-1-3-7-16/h1-9,15,20,24H,10-14H2,(H,25,31)(H,29,30). The van der Waals surface area contributed by atoms with E-state index >= 15 is 0 Å². The lowest BCUT2D eigenvalue weighted by Crippen LogP contribution is -2.55. The Balaban J connectivity index is 1.33. The SMILES string of the molecule is O=C(O)C(Cc1ccccc1)NC(=O)N1CCN(C(=O)c2cc3ccccc3[nH]2)CC1.